The number of hydrogen-bond acceptors (Lipinski definition) is 2. The molecule has 3 aliphatic carbocycles. The molecule has 2 nitrogen and oxygen atoms in total. The van der Waals surface area contributed by atoms with Crippen LogP contribution in [-0.2, 0) is 16.2 Å². The minimum Gasteiger partial charge on any atom is -0.310 e. The third-order valence-corrected chi connectivity index (χ3v) is 15.3. The van der Waals surface area contributed by atoms with Gasteiger partial charge in [0.1, 0.15) is 0 Å². The zero-order valence-electron chi connectivity index (χ0n) is 38.3. The zero-order valence-corrected chi connectivity index (χ0v) is 38.3. The Balaban J connectivity index is 0.961. The summed E-state index contributed by atoms with van der Waals surface area (Å²) in [6, 6.07) is 69.3. The van der Waals surface area contributed by atoms with Crippen LogP contribution < -0.4 is 9.80 Å². The van der Waals surface area contributed by atoms with E-state index in [1.165, 1.54) is 120 Å². The van der Waals surface area contributed by atoms with Crippen LogP contribution in [0.25, 0.3) is 22.3 Å². The Hall–Kier alpha value is -6.64. The van der Waals surface area contributed by atoms with Gasteiger partial charge < -0.3 is 9.80 Å². The lowest BCUT2D eigenvalue weighted by molar-refractivity contribution is 0.346. The molecule has 1 fully saturated rings. The molecule has 0 aromatic heterocycles. The monoisotopic (exact) mass is 830 g/mol. The van der Waals surface area contributed by atoms with Crippen molar-refractivity contribution < 1.29 is 0 Å². The SMILES string of the molecule is Cc1ccc(N(c2ccc(C3(c4ccc(N(c5ccc(C)cc5)c5ccc6c(c5)C(C)(C)c5ccccc5-6)cc4)CCCCC3)cc2)c2ccc3c(c2)C(C)(C)c2ccccc2-3)cc1. The molecule has 0 aliphatic heterocycles. The standard InChI is InChI=1S/C62H58N2/c1-42-18-26-46(27-19-42)63(50-34-36-54-52-14-8-10-16-56(52)60(3,4)58(54)40-50)48-30-22-44(23-31-48)62(38-12-7-13-39-62)45-24-32-49(33-25-45)64(47-28-20-43(2)21-29-47)51-35-37-55-53-15-9-11-17-57(53)61(5,6)59(55)41-51/h8-11,14-37,40-41H,7,12-13,38-39H2,1-6H3. The minimum absolute atomic E-state index is 0.0502. The van der Waals surface area contributed by atoms with Crippen molar-refractivity contribution in [3.63, 3.8) is 0 Å². The molecule has 8 aromatic rings. The molecule has 0 heterocycles. The summed E-state index contributed by atoms with van der Waals surface area (Å²) >= 11 is 0. The Morgan fingerprint density at radius 3 is 1.05 bits per heavy atom. The molecule has 0 spiro atoms. The first-order valence-electron chi connectivity index (χ1n) is 23.5. The van der Waals surface area contributed by atoms with Gasteiger partial charge in [0, 0.05) is 50.4 Å². The predicted octanol–water partition coefficient (Wildman–Crippen LogP) is 17.1. The number of nitrogens with zero attached hydrogens (tertiary/aromatic N) is 2. The molecule has 3 aliphatic rings. The number of benzene rings is 8. The van der Waals surface area contributed by atoms with Crippen LogP contribution in [0.15, 0.2) is 182 Å². The highest BCUT2D eigenvalue weighted by Gasteiger charge is 2.39. The van der Waals surface area contributed by atoms with Gasteiger partial charge in [-0.25, -0.2) is 0 Å². The summed E-state index contributed by atoms with van der Waals surface area (Å²) in [5.41, 5.74) is 23.2. The molecule has 0 amide bonds. The van der Waals surface area contributed by atoms with Crippen molar-refractivity contribution in [3.05, 3.63) is 226 Å². The van der Waals surface area contributed by atoms with E-state index in [4.69, 9.17) is 0 Å². The molecular formula is C62H58N2. The van der Waals surface area contributed by atoms with E-state index < -0.39 is 0 Å². The average Bonchev–Trinajstić information content (AvgIpc) is 3.70. The van der Waals surface area contributed by atoms with Gasteiger partial charge in [0.25, 0.3) is 0 Å². The summed E-state index contributed by atoms with van der Waals surface area (Å²) in [6.45, 7) is 13.8. The second-order valence-corrected chi connectivity index (χ2v) is 19.9. The molecular weight excluding hydrogens is 773 g/mol. The van der Waals surface area contributed by atoms with Crippen molar-refractivity contribution in [3.8, 4) is 22.3 Å². The smallest absolute Gasteiger partial charge is 0.0465 e. The molecule has 64 heavy (non-hydrogen) atoms. The maximum Gasteiger partial charge on any atom is 0.0465 e. The lowest BCUT2D eigenvalue weighted by Crippen LogP contribution is -2.30. The molecule has 316 valence electrons. The largest absolute Gasteiger partial charge is 0.310 e. The first-order valence-corrected chi connectivity index (χ1v) is 23.5. The molecule has 0 saturated heterocycles. The molecule has 2 heteroatoms. The Morgan fingerprint density at radius 2 is 0.656 bits per heavy atom. The van der Waals surface area contributed by atoms with Gasteiger partial charge in [-0.05, 0) is 155 Å². The van der Waals surface area contributed by atoms with Gasteiger partial charge in [-0.2, -0.15) is 0 Å². The lowest BCUT2D eigenvalue weighted by Gasteiger charge is -2.39. The number of aryl methyl sites for hydroxylation is 2. The molecule has 1 saturated carbocycles. The fraction of sp³-hybridized carbons (Fsp3) is 0.226. The molecule has 0 atom stereocenters. The van der Waals surface area contributed by atoms with Crippen LogP contribution in [0.1, 0.15) is 104 Å². The predicted molar refractivity (Wildman–Crippen MR) is 271 cm³/mol. The third kappa shape index (κ3) is 6.44. The molecule has 8 aromatic carbocycles. The second kappa shape index (κ2) is 15.3. The van der Waals surface area contributed by atoms with Gasteiger partial charge in [-0.3, -0.25) is 0 Å². The van der Waals surface area contributed by atoms with Crippen molar-refractivity contribution in [2.45, 2.75) is 89.9 Å². The highest BCUT2D eigenvalue weighted by molar-refractivity contribution is 5.87. The third-order valence-electron chi connectivity index (χ3n) is 15.3. The summed E-state index contributed by atoms with van der Waals surface area (Å²) < 4.78 is 0. The number of hydrogen-bond donors (Lipinski definition) is 0. The van der Waals surface area contributed by atoms with Crippen LogP contribution in [0.2, 0.25) is 0 Å². The van der Waals surface area contributed by atoms with E-state index in [1.54, 1.807) is 0 Å². The van der Waals surface area contributed by atoms with Crippen LogP contribution in [-0.4, -0.2) is 0 Å². The lowest BCUT2D eigenvalue weighted by atomic mass is 9.65. The first kappa shape index (κ1) is 40.2. The average molecular weight is 831 g/mol. The van der Waals surface area contributed by atoms with Gasteiger partial charge >= 0.3 is 0 Å². The van der Waals surface area contributed by atoms with Crippen molar-refractivity contribution in [1.29, 1.82) is 0 Å². The summed E-state index contributed by atoms with van der Waals surface area (Å²) in [5.74, 6) is 0. The molecule has 0 N–H and O–H groups in total. The molecule has 0 unspecified atom stereocenters. The molecule has 0 radical (unpaired) electrons. The summed E-state index contributed by atoms with van der Waals surface area (Å²) in [4.78, 5) is 4.90. The van der Waals surface area contributed by atoms with Crippen LogP contribution in [0.5, 0.6) is 0 Å². The highest BCUT2D eigenvalue weighted by Crippen LogP contribution is 2.53. The van der Waals surface area contributed by atoms with E-state index in [-0.39, 0.29) is 16.2 Å². The van der Waals surface area contributed by atoms with Gasteiger partial charge in [0.15, 0.2) is 0 Å². The quantitative estimate of drug-likeness (QED) is 0.151. The Morgan fingerprint density at radius 1 is 0.328 bits per heavy atom. The van der Waals surface area contributed by atoms with Crippen LogP contribution >= 0.6 is 0 Å². The molecule has 0 bridgehead atoms. The fourth-order valence-corrected chi connectivity index (χ4v) is 11.7. The zero-order chi connectivity index (χ0) is 43.8. The Labute approximate surface area is 380 Å². The van der Waals surface area contributed by atoms with E-state index in [2.05, 4.69) is 233 Å². The second-order valence-electron chi connectivity index (χ2n) is 19.9. The maximum absolute atomic E-state index is 2.45. The Kier molecular flexibility index (Phi) is 9.58. The van der Waals surface area contributed by atoms with E-state index in [0.29, 0.717) is 0 Å². The van der Waals surface area contributed by atoms with Gasteiger partial charge in [0.05, 0.1) is 0 Å². The van der Waals surface area contributed by atoms with Crippen LogP contribution in [0, 0.1) is 13.8 Å². The van der Waals surface area contributed by atoms with Gasteiger partial charge in [-0.15, -0.1) is 0 Å². The topological polar surface area (TPSA) is 6.48 Å². The van der Waals surface area contributed by atoms with Crippen molar-refractivity contribution in [1.82, 2.24) is 0 Å². The van der Waals surface area contributed by atoms with Crippen molar-refractivity contribution in [2.24, 2.45) is 0 Å². The van der Waals surface area contributed by atoms with Crippen molar-refractivity contribution in [2.75, 3.05) is 9.80 Å². The number of fused-ring (bicyclic) bond motifs is 6. The fourth-order valence-electron chi connectivity index (χ4n) is 11.7. The molecule has 11 rings (SSSR count). The summed E-state index contributed by atoms with van der Waals surface area (Å²) in [7, 11) is 0. The van der Waals surface area contributed by atoms with Gasteiger partial charge in [-0.1, -0.05) is 167 Å². The Bertz CT molecular complexity index is 2820. The van der Waals surface area contributed by atoms with Crippen LogP contribution in [0.3, 0.4) is 0 Å². The van der Waals surface area contributed by atoms with E-state index in [9.17, 15) is 0 Å². The van der Waals surface area contributed by atoms with Crippen LogP contribution in [0.4, 0.5) is 34.1 Å². The van der Waals surface area contributed by atoms with Crippen molar-refractivity contribution >= 4 is 34.1 Å². The van der Waals surface area contributed by atoms with E-state index in [0.717, 1.165) is 12.8 Å². The highest BCUT2D eigenvalue weighted by atomic mass is 15.1. The minimum atomic E-state index is -0.0740. The summed E-state index contributed by atoms with van der Waals surface area (Å²) in [5, 5.41) is 0. The van der Waals surface area contributed by atoms with E-state index in [1.807, 2.05) is 0 Å². The summed E-state index contributed by atoms with van der Waals surface area (Å²) in [6.07, 6.45) is 6.05. The van der Waals surface area contributed by atoms with E-state index >= 15 is 0 Å². The maximum atomic E-state index is 2.45. The normalized spacial score (nSPS) is 16.0. The first-order chi connectivity index (χ1) is 31.0. The van der Waals surface area contributed by atoms with Gasteiger partial charge in [0.2, 0.25) is 0 Å². The number of anilines is 6. The number of rotatable bonds is 8.